The lowest BCUT2D eigenvalue weighted by molar-refractivity contribution is -0.136. The van der Waals surface area contributed by atoms with E-state index in [1.54, 1.807) is 4.90 Å². The molecule has 0 radical (unpaired) electrons. The van der Waals surface area contributed by atoms with Crippen molar-refractivity contribution in [3.63, 3.8) is 0 Å². The summed E-state index contributed by atoms with van der Waals surface area (Å²) in [5.41, 5.74) is 2.86. The Balaban J connectivity index is 1.43. The van der Waals surface area contributed by atoms with Crippen LogP contribution in [0.2, 0.25) is 0 Å². The summed E-state index contributed by atoms with van der Waals surface area (Å²) in [7, 11) is 0. The minimum atomic E-state index is -0.570. The molecular weight excluding hydrogens is 361 g/mol. The summed E-state index contributed by atoms with van der Waals surface area (Å²) >= 11 is 0. The van der Waals surface area contributed by atoms with E-state index in [1.165, 1.54) is 5.56 Å². The van der Waals surface area contributed by atoms with Crippen LogP contribution in [-0.2, 0) is 16.1 Å². The van der Waals surface area contributed by atoms with Crippen LogP contribution in [0.5, 0.6) is 0 Å². The number of carbonyl (C=O) groups excluding carboxylic acids is 3. The molecule has 0 aromatic heterocycles. The van der Waals surface area contributed by atoms with Crippen molar-refractivity contribution in [3.05, 3.63) is 34.9 Å². The topological polar surface area (TPSA) is 69.7 Å². The summed E-state index contributed by atoms with van der Waals surface area (Å²) in [5, 5.41) is 2.34. The molecule has 1 unspecified atom stereocenters. The van der Waals surface area contributed by atoms with Crippen LogP contribution in [0.15, 0.2) is 18.2 Å². The monoisotopic (exact) mass is 387 g/mol. The predicted octanol–water partition coefficient (Wildman–Crippen LogP) is 1.99. The van der Waals surface area contributed by atoms with Gasteiger partial charge in [-0.1, -0.05) is 12.1 Å². The fraction of sp³-hybridized carbons (Fsp3) is 0.571. The van der Waals surface area contributed by atoms with Crippen molar-refractivity contribution in [3.8, 4) is 0 Å². The van der Waals surface area contributed by atoms with E-state index in [9.17, 15) is 18.8 Å². The summed E-state index contributed by atoms with van der Waals surface area (Å²) in [5.74, 6) is -0.326. The molecule has 1 aromatic rings. The molecule has 4 rings (SSSR count). The number of hydrogen-bond acceptors (Lipinski definition) is 4. The van der Waals surface area contributed by atoms with Crippen molar-refractivity contribution in [2.24, 2.45) is 0 Å². The average molecular weight is 387 g/mol. The molecule has 1 aromatic carbocycles. The van der Waals surface area contributed by atoms with E-state index < -0.39 is 6.04 Å². The van der Waals surface area contributed by atoms with Crippen molar-refractivity contribution in [2.75, 3.05) is 26.3 Å². The molecule has 2 fully saturated rings. The Labute approximate surface area is 164 Å². The van der Waals surface area contributed by atoms with Crippen LogP contribution in [0.4, 0.5) is 4.39 Å². The highest BCUT2D eigenvalue weighted by molar-refractivity contribution is 6.05. The minimum Gasteiger partial charge on any atom is -0.322 e. The van der Waals surface area contributed by atoms with Gasteiger partial charge in [0.15, 0.2) is 0 Å². The zero-order chi connectivity index (χ0) is 19.7. The second-order valence-corrected chi connectivity index (χ2v) is 7.97. The van der Waals surface area contributed by atoms with Crippen molar-refractivity contribution in [1.82, 2.24) is 15.1 Å². The number of amides is 3. The van der Waals surface area contributed by atoms with Gasteiger partial charge in [-0.2, -0.15) is 0 Å². The molecule has 0 spiro atoms. The fourth-order valence-electron chi connectivity index (χ4n) is 4.62. The standard InChI is InChI=1S/C21H26FN3O3/c22-8-1-9-24-10-6-14(7-11-24)15-2-3-17-16(12-15)13-25(21(17)28)18-4-5-19(26)23-20(18)27/h2-3,12,14,18H,1,4-11,13H2,(H,23,26,27). The molecule has 6 nitrogen and oxygen atoms in total. The van der Waals surface area contributed by atoms with Crippen LogP contribution in [0.1, 0.15) is 59.5 Å². The van der Waals surface area contributed by atoms with Gasteiger partial charge in [0.05, 0.1) is 6.67 Å². The Morgan fingerprint density at radius 3 is 2.61 bits per heavy atom. The number of alkyl halides is 1. The summed E-state index contributed by atoms with van der Waals surface area (Å²) in [6.07, 6.45) is 3.32. The highest BCUT2D eigenvalue weighted by Gasteiger charge is 2.39. The number of fused-ring (bicyclic) bond motifs is 1. The third-order valence-electron chi connectivity index (χ3n) is 6.21. The molecule has 3 aliphatic heterocycles. The largest absolute Gasteiger partial charge is 0.322 e. The number of imide groups is 1. The molecule has 150 valence electrons. The second-order valence-electron chi connectivity index (χ2n) is 7.97. The Morgan fingerprint density at radius 1 is 1.11 bits per heavy atom. The molecule has 3 amide bonds. The maximum atomic E-state index is 12.8. The third kappa shape index (κ3) is 3.68. The van der Waals surface area contributed by atoms with E-state index in [0.717, 1.165) is 38.0 Å². The first-order valence-corrected chi connectivity index (χ1v) is 10.1. The van der Waals surface area contributed by atoms with Gasteiger partial charge in [-0.25, -0.2) is 0 Å². The van der Waals surface area contributed by atoms with Gasteiger partial charge >= 0.3 is 0 Å². The first-order chi connectivity index (χ1) is 13.6. The number of benzene rings is 1. The highest BCUT2D eigenvalue weighted by atomic mass is 19.1. The molecule has 1 N–H and O–H groups in total. The van der Waals surface area contributed by atoms with Gasteiger partial charge in [0, 0.05) is 25.1 Å². The fourth-order valence-corrected chi connectivity index (χ4v) is 4.62. The summed E-state index contributed by atoms with van der Waals surface area (Å²) in [4.78, 5) is 40.2. The number of nitrogens with one attached hydrogen (secondary N) is 1. The Morgan fingerprint density at radius 2 is 1.89 bits per heavy atom. The number of hydrogen-bond donors (Lipinski definition) is 1. The molecule has 7 heteroatoms. The number of rotatable bonds is 5. The number of nitrogens with zero attached hydrogens (tertiary/aromatic N) is 2. The van der Waals surface area contributed by atoms with E-state index in [2.05, 4.69) is 16.3 Å². The van der Waals surface area contributed by atoms with Gasteiger partial charge in [-0.3, -0.25) is 24.1 Å². The van der Waals surface area contributed by atoms with E-state index in [0.29, 0.717) is 30.9 Å². The van der Waals surface area contributed by atoms with Crippen molar-refractivity contribution >= 4 is 17.7 Å². The lowest BCUT2D eigenvalue weighted by atomic mass is 9.88. The lowest BCUT2D eigenvalue weighted by Crippen LogP contribution is -2.52. The van der Waals surface area contributed by atoms with Gasteiger partial charge in [-0.15, -0.1) is 0 Å². The van der Waals surface area contributed by atoms with Gasteiger partial charge < -0.3 is 9.80 Å². The highest BCUT2D eigenvalue weighted by Crippen LogP contribution is 2.33. The number of piperidine rings is 2. The number of halogens is 1. The van der Waals surface area contributed by atoms with E-state index in [-0.39, 0.29) is 30.8 Å². The smallest absolute Gasteiger partial charge is 0.255 e. The van der Waals surface area contributed by atoms with Crippen molar-refractivity contribution < 1.29 is 18.8 Å². The summed E-state index contributed by atoms with van der Waals surface area (Å²) in [6, 6.07) is 5.46. The van der Waals surface area contributed by atoms with Crippen LogP contribution in [0.25, 0.3) is 0 Å². The third-order valence-corrected chi connectivity index (χ3v) is 6.21. The van der Waals surface area contributed by atoms with Gasteiger partial charge in [0.1, 0.15) is 6.04 Å². The lowest BCUT2D eigenvalue weighted by Gasteiger charge is -2.32. The molecule has 2 saturated heterocycles. The Bertz CT molecular complexity index is 789. The van der Waals surface area contributed by atoms with Crippen LogP contribution < -0.4 is 5.32 Å². The molecule has 0 aliphatic carbocycles. The van der Waals surface area contributed by atoms with Crippen LogP contribution in [0.3, 0.4) is 0 Å². The second kappa shape index (κ2) is 7.99. The van der Waals surface area contributed by atoms with Crippen LogP contribution >= 0.6 is 0 Å². The molecule has 3 heterocycles. The zero-order valence-corrected chi connectivity index (χ0v) is 16.0. The first-order valence-electron chi connectivity index (χ1n) is 10.1. The predicted molar refractivity (Wildman–Crippen MR) is 101 cm³/mol. The maximum absolute atomic E-state index is 12.8. The molecule has 0 saturated carbocycles. The van der Waals surface area contributed by atoms with E-state index in [1.807, 2.05) is 12.1 Å². The quantitative estimate of drug-likeness (QED) is 0.785. The maximum Gasteiger partial charge on any atom is 0.255 e. The molecule has 28 heavy (non-hydrogen) atoms. The number of carbonyl (C=O) groups is 3. The molecule has 0 bridgehead atoms. The van der Waals surface area contributed by atoms with Crippen LogP contribution in [-0.4, -0.2) is 59.9 Å². The summed E-state index contributed by atoms with van der Waals surface area (Å²) in [6.45, 7) is 2.93. The molecule has 1 atom stereocenters. The SMILES string of the molecule is O=C1CCC(N2Cc3cc(C4CCN(CCCF)CC4)ccc3C2=O)C(=O)N1. The Kier molecular flexibility index (Phi) is 5.44. The van der Waals surface area contributed by atoms with E-state index in [4.69, 9.17) is 0 Å². The average Bonchev–Trinajstić information content (AvgIpc) is 3.02. The van der Waals surface area contributed by atoms with Gasteiger partial charge in [-0.05, 0) is 61.9 Å². The van der Waals surface area contributed by atoms with Crippen molar-refractivity contribution in [1.29, 1.82) is 0 Å². The van der Waals surface area contributed by atoms with Gasteiger partial charge in [0.2, 0.25) is 11.8 Å². The van der Waals surface area contributed by atoms with Gasteiger partial charge in [0.25, 0.3) is 5.91 Å². The normalized spacial score (nSPS) is 23.8. The zero-order valence-electron chi connectivity index (χ0n) is 16.0. The Hall–Kier alpha value is -2.28. The van der Waals surface area contributed by atoms with E-state index >= 15 is 0 Å². The minimum absolute atomic E-state index is 0.128. The summed E-state index contributed by atoms with van der Waals surface area (Å²) < 4.78 is 12.4. The molecule has 3 aliphatic rings. The number of likely N-dealkylation sites (tertiary alicyclic amines) is 1. The molecular formula is C21H26FN3O3. The van der Waals surface area contributed by atoms with Crippen molar-refractivity contribution in [2.45, 2.75) is 50.6 Å². The van der Waals surface area contributed by atoms with Crippen LogP contribution in [0, 0.1) is 0 Å². The first kappa shape index (κ1) is 19.1.